The summed E-state index contributed by atoms with van der Waals surface area (Å²) in [5, 5.41) is 14.8. The molecule has 8 rings (SSSR count). The van der Waals surface area contributed by atoms with Crippen molar-refractivity contribution < 1.29 is 63.0 Å². The third-order valence-electron chi connectivity index (χ3n) is 12.1. The summed E-state index contributed by atoms with van der Waals surface area (Å²) in [4.78, 5) is 50.2. The van der Waals surface area contributed by atoms with E-state index in [0.717, 1.165) is 80.1 Å². The van der Waals surface area contributed by atoms with Gasteiger partial charge in [-0.25, -0.2) is 38.3 Å². The van der Waals surface area contributed by atoms with E-state index in [1.807, 2.05) is 0 Å². The number of nitrogens with two attached hydrogens (primary N) is 1. The van der Waals surface area contributed by atoms with Gasteiger partial charge in [-0.15, -0.1) is 0 Å². The maximum absolute atomic E-state index is 14.9. The number of anilines is 1. The molecule has 2 unspecified atom stereocenters. The van der Waals surface area contributed by atoms with Gasteiger partial charge in [0.2, 0.25) is 11.2 Å². The van der Waals surface area contributed by atoms with Gasteiger partial charge in [-0.3, -0.25) is 9.97 Å². The number of carbonyl (C=O) groups is 2. The average molecular weight is 1340 g/mol. The molecule has 81 heavy (non-hydrogen) atoms. The smallest absolute Gasteiger partial charge is 0.428 e. The van der Waals surface area contributed by atoms with Crippen molar-refractivity contribution in [1.29, 1.82) is 0 Å². The minimum Gasteiger partial charge on any atom is -0.428 e. The molecule has 0 aliphatic heterocycles. The van der Waals surface area contributed by atoms with E-state index in [1.54, 1.807) is 12.4 Å². The molecular formula is C50H47Br2Cl3F10N12O4. The first kappa shape index (κ1) is 64.1. The Morgan fingerprint density at radius 2 is 0.988 bits per heavy atom. The lowest BCUT2D eigenvalue weighted by Gasteiger charge is -2.36. The maximum atomic E-state index is 14.9. The fourth-order valence-electron chi connectivity index (χ4n) is 8.36. The van der Waals surface area contributed by atoms with E-state index in [9.17, 15) is 53.5 Å². The van der Waals surface area contributed by atoms with Gasteiger partial charge in [0.25, 0.3) is 0 Å². The second-order valence-corrected chi connectivity index (χ2v) is 21.0. The molecule has 2 atom stereocenters. The summed E-state index contributed by atoms with van der Waals surface area (Å²) in [6.45, 7) is -0.663. The normalized spacial score (nSPS) is 15.3. The Bertz CT molecular complexity index is 3000. The molecule has 4 amide bonds. The van der Waals surface area contributed by atoms with Crippen LogP contribution in [0.2, 0.25) is 15.3 Å². The molecule has 4 aromatic heterocycles. The zero-order valence-corrected chi connectivity index (χ0v) is 47.1. The van der Waals surface area contributed by atoms with Crippen LogP contribution in [0.3, 0.4) is 0 Å². The molecular weight excluding hydrogens is 1290 g/mol. The van der Waals surface area contributed by atoms with Crippen molar-refractivity contribution >= 4 is 84.7 Å². The number of aromatic nitrogens is 6. The van der Waals surface area contributed by atoms with Gasteiger partial charge in [0.15, 0.2) is 0 Å². The SMILES string of the molecule is Clc1ncc(Br)cn1.NCC(NC(=O)NC1CCCC1)(c1cc(F)cc(OC(F)(F)C(F)F)c1)c1ccc(Cl)cn1.O=C(NC1CCCC1)NC(CNc1ncc(Br)cn1)(c1cc(F)cc(OC(F)(F)C(F)F)c1)c1ccc(Cl)cn1. The lowest BCUT2D eigenvalue weighted by atomic mass is 9.85. The van der Waals surface area contributed by atoms with E-state index in [1.165, 1.54) is 49.1 Å². The number of hydrogen-bond donors (Lipinski definition) is 6. The van der Waals surface area contributed by atoms with Gasteiger partial charge in [0.05, 0.1) is 36.9 Å². The molecule has 2 fully saturated rings. The van der Waals surface area contributed by atoms with Gasteiger partial charge in [0, 0.05) is 67.9 Å². The lowest BCUT2D eigenvalue weighted by molar-refractivity contribution is -0.253. The van der Waals surface area contributed by atoms with Crippen molar-refractivity contribution in [3.05, 3.63) is 156 Å². The largest absolute Gasteiger partial charge is 0.461 e. The number of nitrogens with zero attached hydrogens (tertiary/aromatic N) is 6. The summed E-state index contributed by atoms with van der Waals surface area (Å²) in [5.74, 6) is -3.82. The van der Waals surface area contributed by atoms with Crippen molar-refractivity contribution in [3.63, 3.8) is 0 Å². The molecule has 0 spiro atoms. The molecule has 2 aliphatic carbocycles. The van der Waals surface area contributed by atoms with Crippen molar-refractivity contribution in [2.24, 2.45) is 5.73 Å². The van der Waals surface area contributed by atoms with Crippen LogP contribution < -0.4 is 41.8 Å². The van der Waals surface area contributed by atoms with Gasteiger partial charge in [-0.2, -0.15) is 35.1 Å². The summed E-state index contributed by atoms with van der Waals surface area (Å²) in [6.07, 6.45) is -2.59. The molecule has 2 aromatic carbocycles. The summed E-state index contributed by atoms with van der Waals surface area (Å²) in [5.41, 5.74) is 2.44. The highest BCUT2D eigenvalue weighted by Crippen LogP contribution is 2.37. The number of urea groups is 2. The van der Waals surface area contributed by atoms with E-state index in [4.69, 9.17) is 40.5 Å². The lowest BCUT2D eigenvalue weighted by Crippen LogP contribution is -2.56. The van der Waals surface area contributed by atoms with E-state index < -0.39 is 71.3 Å². The fraction of sp³-hybridized carbons (Fsp3) is 0.360. The van der Waals surface area contributed by atoms with Crippen LogP contribution in [0.15, 0.2) is 107 Å². The van der Waals surface area contributed by atoms with Gasteiger partial charge in [-0.05, 0) is 129 Å². The van der Waals surface area contributed by atoms with Gasteiger partial charge in [-0.1, -0.05) is 48.9 Å². The Kier molecular flexibility index (Phi) is 22.8. The predicted octanol–water partition coefficient (Wildman–Crippen LogP) is 12.7. The summed E-state index contributed by atoms with van der Waals surface area (Å²) >= 11 is 23.7. The Hall–Kier alpha value is -6.07. The zero-order valence-electron chi connectivity index (χ0n) is 41.7. The fourth-order valence-corrected chi connectivity index (χ4v) is 9.09. The standard InChI is InChI=1S/C25H23BrClF5N6O2.C21H22ClF5N4O2.C4H2BrClN2/c26-15-10-34-22(35-11-15)36-13-24(20-6-5-16(27)12-33-20,38-23(39)37-18-3-1-2-4-18)14-7-17(28)9-19(8-14)40-25(31,32)21(29)30;22-13-5-6-17(29-10-13)20(11-28,31-19(32)30-15-3-1-2-4-15)12-7-14(23)9-16(8-12)33-21(26,27)18(24)25;5-3-1-7-4(6)8-2-3/h5-12,18,21H,1-4,13H2,(H,34,35,36)(H2,37,38,39);5-10,15,18H,1-4,11,28H2,(H2,30,31,32);1-2H. The number of hydrogen-bond acceptors (Lipinski definition) is 12. The van der Waals surface area contributed by atoms with Gasteiger partial charge < -0.3 is 41.8 Å². The number of benzene rings is 2. The number of alkyl halides is 8. The van der Waals surface area contributed by atoms with Crippen molar-refractivity contribution in [2.45, 2.75) is 99.6 Å². The van der Waals surface area contributed by atoms with Gasteiger partial charge in [0.1, 0.15) is 34.2 Å². The maximum Gasteiger partial charge on any atom is 0.461 e. The topological polar surface area (TPSA) is 216 Å². The molecule has 16 nitrogen and oxygen atoms in total. The van der Waals surface area contributed by atoms with Crippen molar-refractivity contribution in [1.82, 2.24) is 51.2 Å². The van der Waals surface area contributed by atoms with Crippen LogP contribution in [0.5, 0.6) is 11.5 Å². The molecule has 0 bridgehead atoms. The molecule has 0 radical (unpaired) electrons. The molecule has 4 heterocycles. The summed E-state index contributed by atoms with van der Waals surface area (Å²) < 4.78 is 144. The molecule has 31 heteroatoms. The van der Waals surface area contributed by atoms with Crippen LogP contribution in [0.1, 0.15) is 73.9 Å². The quantitative estimate of drug-likeness (QED) is 0.0350. The van der Waals surface area contributed by atoms with E-state index in [2.05, 4.69) is 97.8 Å². The highest BCUT2D eigenvalue weighted by molar-refractivity contribution is 9.10. The second kappa shape index (κ2) is 28.8. The number of ether oxygens (including phenoxy) is 2. The average Bonchev–Trinajstić information content (AvgIpc) is 4.15. The Balaban J connectivity index is 0.000000232. The molecule has 436 valence electrons. The van der Waals surface area contributed by atoms with Crippen LogP contribution in [0.25, 0.3) is 0 Å². The van der Waals surface area contributed by atoms with Crippen LogP contribution in [0, 0.1) is 11.6 Å². The summed E-state index contributed by atoms with van der Waals surface area (Å²) in [7, 11) is 0. The first-order valence-corrected chi connectivity index (χ1v) is 26.8. The molecule has 6 aromatic rings. The van der Waals surface area contributed by atoms with E-state index in [0.29, 0.717) is 16.6 Å². The molecule has 0 saturated heterocycles. The number of amides is 4. The first-order chi connectivity index (χ1) is 38.3. The highest BCUT2D eigenvalue weighted by atomic mass is 79.9. The number of nitrogens with one attached hydrogen (secondary N) is 5. The second-order valence-electron chi connectivity index (χ2n) is 17.9. The number of rotatable bonds is 18. The molecule has 7 N–H and O–H groups in total. The predicted molar refractivity (Wildman–Crippen MR) is 286 cm³/mol. The number of halogens is 15. The monoisotopic (exact) mass is 1330 g/mol. The Morgan fingerprint density at radius 3 is 1.37 bits per heavy atom. The Morgan fingerprint density at radius 1 is 0.593 bits per heavy atom. The Labute approximate surface area is 487 Å². The van der Waals surface area contributed by atoms with Crippen LogP contribution in [-0.2, 0) is 11.1 Å². The van der Waals surface area contributed by atoms with Crippen molar-refractivity contribution in [3.8, 4) is 11.5 Å². The minimum atomic E-state index is -4.90. The minimum absolute atomic E-state index is 0.0743. The first-order valence-electron chi connectivity index (χ1n) is 24.1. The third kappa shape index (κ3) is 18.2. The summed E-state index contributed by atoms with van der Waals surface area (Å²) in [6, 6.07) is 9.04. The number of carbonyl (C=O) groups excluding carboxylic acids is 2. The molecule has 2 aliphatic rings. The van der Waals surface area contributed by atoms with Gasteiger partial charge >= 0.3 is 37.1 Å². The third-order valence-corrected chi connectivity index (χ3v) is 13.6. The molecule has 2 saturated carbocycles. The van der Waals surface area contributed by atoms with Crippen LogP contribution >= 0.6 is 66.7 Å². The number of pyridine rings is 2. The van der Waals surface area contributed by atoms with E-state index >= 15 is 0 Å². The van der Waals surface area contributed by atoms with Crippen molar-refractivity contribution in [2.75, 3.05) is 18.4 Å². The van der Waals surface area contributed by atoms with Crippen LogP contribution in [0.4, 0.5) is 59.4 Å². The van der Waals surface area contributed by atoms with E-state index in [-0.39, 0.29) is 69.0 Å². The highest BCUT2D eigenvalue weighted by Gasteiger charge is 2.47. The van der Waals surface area contributed by atoms with Crippen LogP contribution in [-0.4, -0.2) is 92.2 Å². The zero-order chi connectivity index (χ0) is 59.1.